The van der Waals surface area contributed by atoms with E-state index in [1.54, 1.807) is 13.8 Å². The van der Waals surface area contributed by atoms with Crippen LogP contribution in [0.1, 0.15) is 91.4 Å². The quantitative estimate of drug-likeness (QED) is 0.0692. The molecule has 2 aliphatic rings. The smallest absolute Gasteiger partial charge is 0.222 e. The van der Waals surface area contributed by atoms with Crippen LogP contribution < -0.4 is 10.6 Å². The molecule has 15 heteroatoms. The van der Waals surface area contributed by atoms with Crippen molar-refractivity contribution in [3.05, 3.63) is 0 Å². The van der Waals surface area contributed by atoms with Crippen LogP contribution in [0.25, 0.3) is 0 Å². The molecule has 0 saturated carbocycles. The third-order valence-corrected chi connectivity index (χ3v) is 8.48. The van der Waals surface area contributed by atoms with Gasteiger partial charge in [-0.15, -0.1) is 0 Å². The van der Waals surface area contributed by atoms with Crippen molar-refractivity contribution in [1.82, 2.24) is 10.6 Å². The van der Waals surface area contributed by atoms with E-state index >= 15 is 0 Å². The molecule has 2 amide bonds. The standard InChI is InChI=1S/C31H56N2O13/c1-4-5-6-7-8-9-10-11-12-18(23(38)17(2)3)32-21(36)13-14-22(37)33-30-27(42)26(41)29(20(16-35)44-30)46-31-28(43)25(40)24(39)19(15-34)45-31/h17-20,24-31,34-35,39-43H,4-16H2,1-3H3,(H,32,36)(H,33,37)/t18?,19?,20?,24-,25-,26+,27?,28?,29+,30+,31-/m0/s1. The lowest BCUT2D eigenvalue weighted by Crippen LogP contribution is -2.66. The highest BCUT2D eigenvalue weighted by molar-refractivity contribution is 5.91. The average Bonchev–Trinajstić information content (AvgIpc) is 3.03. The second kappa shape index (κ2) is 20.5. The summed E-state index contributed by atoms with van der Waals surface area (Å²) in [7, 11) is 0. The lowest BCUT2D eigenvalue weighted by atomic mass is 9.96. The Morgan fingerprint density at radius 1 is 0.717 bits per heavy atom. The van der Waals surface area contributed by atoms with E-state index in [2.05, 4.69) is 17.6 Å². The second-order valence-electron chi connectivity index (χ2n) is 12.6. The molecular weight excluding hydrogens is 608 g/mol. The van der Waals surface area contributed by atoms with Crippen LogP contribution >= 0.6 is 0 Å². The fourth-order valence-corrected chi connectivity index (χ4v) is 5.60. The van der Waals surface area contributed by atoms with Gasteiger partial charge in [-0.1, -0.05) is 72.1 Å². The minimum Gasteiger partial charge on any atom is -0.394 e. The number of rotatable bonds is 20. The zero-order valence-electron chi connectivity index (χ0n) is 27.2. The van der Waals surface area contributed by atoms with Gasteiger partial charge < -0.3 is 60.6 Å². The van der Waals surface area contributed by atoms with Crippen molar-refractivity contribution in [2.75, 3.05) is 13.2 Å². The van der Waals surface area contributed by atoms with E-state index in [0.29, 0.717) is 6.42 Å². The molecule has 0 bridgehead atoms. The van der Waals surface area contributed by atoms with Gasteiger partial charge in [0.05, 0.1) is 19.3 Å². The summed E-state index contributed by atoms with van der Waals surface area (Å²) in [6.07, 6.45) is -7.35. The molecule has 0 spiro atoms. The molecule has 0 radical (unpaired) electrons. The van der Waals surface area contributed by atoms with Crippen molar-refractivity contribution in [2.24, 2.45) is 5.92 Å². The van der Waals surface area contributed by atoms with Gasteiger partial charge in [-0.05, 0) is 6.42 Å². The van der Waals surface area contributed by atoms with E-state index in [-0.39, 0.29) is 24.5 Å². The van der Waals surface area contributed by atoms with Crippen LogP contribution in [-0.2, 0) is 28.6 Å². The van der Waals surface area contributed by atoms with Crippen LogP contribution in [0, 0.1) is 5.92 Å². The molecule has 0 aromatic heterocycles. The summed E-state index contributed by atoms with van der Waals surface area (Å²) in [6.45, 7) is 4.23. The Balaban J connectivity index is 1.86. The molecule has 2 aliphatic heterocycles. The number of aliphatic hydroxyl groups excluding tert-OH is 7. The van der Waals surface area contributed by atoms with E-state index in [9.17, 15) is 50.1 Å². The third kappa shape index (κ3) is 12.0. The molecule has 2 fully saturated rings. The normalized spacial score (nSPS) is 32.2. The fraction of sp³-hybridized carbons (Fsp3) is 0.903. The van der Waals surface area contributed by atoms with Gasteiger partial charge in [-0.25, -0.2) is 0 Å². The molecule has 9 N–H and O–H groups in total. The number of ether oxygens (including phenoxy) is 3. The van der Waals surface area contributed by atoms with Crippen molar-refractivity contribution in [2.45, 2.75) is 159 Å². The average molecular weight is 665 g/mol. The van der Waals surface area contributed by atoms with Crippen LogP contribution in [0.15, 0.2) is 0 Å². The molecule has 11 atom stereocenters. The number of aliphatic hydroxyl groups is 7. The van der Waals surface area contributed by atoms with E-state index < -0.39 is 92.4 Å². The highest BCUT2D eigenvalue weighted by atomic mass is 16.7. The van der Waals surface area contributed by atoms with Gasteiger partial charge in [0.15, 0.2) is 18.3 Å². The second-order valence-corrected chi connectivity index (χ2v) is 12.6. The highest BCUT2D eigenvalue weighted by Crippen LogP contribution is 2.28. The maximum atomic E-state index is 12.7. The molecular formula is C31H56N2O13. The Kier molecular flexibility index (Phi) is 18.0. The zero-order valence-corrected chi connectivity index (χ0v) is 27.2. The first-order chi connectivity index (χ1) is 21.9. The Labute approximate surface area is 270 Å². The summed E-state index contributed by atoms with van der Waals surface area (Å²) in [6, 6.07) is -0.653. The minimum atomic E-state index is -1.80. The topological polar surface area (TPSA) is 245 Å². The van der Waals surface area contributed by atoms with Crippen LogP contribution in [0.5, 0.6) is 0 Å². The Morgan fingerprint density at radius 3 is 1.89 bits per heavy atom. The van der Waals surface area contributed by atoms with Gasteiger partial charge in [0.25, 0.3) is 0 Å². The number of carbonyl (C=O) groups is 3. The maximum absolute atomic E-state index is 12.7. The molecule has 15 nitrogen and oxygen atoms in total. The predicted molar refractivity (Wildman–Crippen MR) is 163 cm³/mol. The third-order valence-electron chi connectivity index (χ3n) is 8.48. The molecule has 46 heavy (non-hydrogen) atoms. The van der Waals surface area contributed by atoms with Crippen molar-refractivity contribution >= 4 is 17.6 Å². The van der Waals surface area contributed by atoms with Crippen molar-refractivity contribution in [3.8, 4) is 0 Å². The van der Waals surface area contributed by atoms with Crippen LogP contribution in [0.3, 0.4) is 0 Å². The summed E-state index contributed by atoms with van der Waals surface area (Å²) >= 11 is 0. The zero-order chi connectivity index (χ0) is 34.4. The monoisotopic (exact) mass is 664 g/mol. The van der Waals surface area contributed by atoms with Gasteiger partial charge in [-0.3, -0.25) is 14.4 Å². The summed E-state index contributed by atoms with van der Waals surface area (Å²) in [4.78, 5) is 38.1. The molecule has 0 aromatic rings. The number of nitrogens with one attached hydrogen (secondary N) is 2. The number of ketones is 1. The van der Waals surface area contributed by atoms with E-state index in [1.807, 2.05) is 0 Å². The molecule has 268 valence electrons. The fourth-order valence-electron chi connectivity index (χ4n) is 5.60. The van der Waals surface area contributed by atoms with E-state index in [0.717, 1.165) is 25.7 Å². The van der Waals surface area contributed by atoms with Crippen molar-refractivity contribution in [3.63, 3.8) is 0 Å². The molecule has 2 heterocycles. The SMILES string of the molecule is CCCCCCCCCCC(NC(=O)CCC(=O)N[C@@H]1OC(CO)[C@@H](O[C@@H]2OC(CO)[C@H](O)[C@H](O)C2O)[C@H](O)C1O)C(=O)C(C)C. The minimum absolute atomic E-state index is 0.0796. The molecule has 2 saturated heterocycles. The molecule has 2 rings (SSSR count). The lowest BCUT2D eigenvalue weighted by molar-refractivity contribution is -0.343. The van der Waals surface area contributed by atoms with E-state index in [1.165, 1.54) is 25.7 Å². The Hall–Kier alpha value is -1.79. The number of hydrogen-bond acceptors (Lipinski definition) is 13. The van der Waals surface area contributed by atoms with Crippen LogP contribution in [-0.4, -0.2) is 134 Å². The van der Waals surface area contributed by atoms with Crippen molar-refractivity contribution in [1.29, 1.82) is 0 Å². The van der Waals surface area contributed by atoms with E-state index in [4.69, 9.17) is 14.2 Å². The van der Waals surface area contributed by atoms with Crippen LogP contribution in [0.4, 0.5) is 0 Å². The summed E-state index contributed by atoms with van der Waals surface area (Å²) in [5, 5.41) is 75.9. The Bertz CT molecular complexity index is 921. The highest BCUT2D eigenvalue weighted by Gasteiger charge is 2.50. The summed E-state index contributed by atoms with van der Waals surface area (Å²) in [5.74, 6) is -1.54. The molecule has 0 aliphatic carbocycles. The number of unbranched alkanes of at least 4 members (excludes halogenated alkanes) is 7. The van der Waals surface area contributed by atoms with Gasteiger partial charge in [0.1, 0.15) is 48.8 Å². The lowest BCUT2D eigenvalue weighted by Gasteiger charge is -2.46. The Morgan fingerprint density at radius 2 is 1.30 bits per heavy atom. The van der Waals surface area contributed by atoms with Crippen LogP contribution in [0.2, 0.25) is 0 Å². The summed E-state index contributed by atoms with van der Waals surface area (Å²) in [5.41, 5.74) is 0. The van der Waals surface area contributed by atoms with Crippen molar-refractivity contribution < 1.29 is 64.3 Å². The number of amides is 2. The largest absolute Gasteiger partial charge is 0.394 e. The first kappa shape index (κ1) is 40.4. The van der Waals surface area contributed by atoms with Gasteiger partial charge in [0, 0.05) is 18.8 Å². The number of hydrogen-bond donors (Lipinski definition) is 9. The van der Waals surface area contributed by atoms with Gasteiger partial charge in [0.2, 0.25) is 11.8 Å². The first-order valence-corrected chi connectivity index (χ1v) is 16.6. The number of Topliss-reactive ketones (excluding diaryl/α,β-unsaturated/α-hetero) is 1. The maximum Gasteiger partial charge on any atom is 0.222 e. The molecule has 5 unspecified atom stereocenters. The molecule has 0 aromatic carbocycles. The summed E-state index contributed by atoms with van der Waals surface area (Å²) < 4.78 is 16.3. The first-order valence-electron chi connectivity index (χ1n) is 16.6. The van der Waals surface area contributed by atoms with Gasteiger partial charge in [-0.2, -0.15) is 0 Å². The number of carbonyl (C=O) groups excluding carboxylic acids is 3. The van der Waals surface area contributed by atoms with Gasteiger partial charge >= 0.3 is 0 Å². The predicted octanol–water partition coefficient (Wildman–Crippen LogP) is -1.25.